The second kappa shape index (κ2) is 4.28. The molecule has 1 atom stereocenters. The van der Waals surface area contributed by atoms with E-state index >= 15 is 0 Å². The van der Waals surface area contributed by atoms with Crippen molar-refractivity contribution in [3.63, 3.8) is 0 Å². The molecule has 3 nitrogen and oxygen atoms in total. The summed E-state index contributed by atoms with van der Waals surface area (Å²) in [5.74, 6) is 0.589. The molecule has 0 amide bonds. The van der Waals surface area contributed by atoms with E-state index in [9.17, 15) is 5.11 Å². The third-order valence-corrected chi connectivity index (χ3v) is 2.75. The summed E-state index contributed by atoms with van der Waals surface area (Å²) < 4.78 is 10.6. The van der Waals surface area contributed by atoms with Crippen molar-refractivity contribution >= 4 is 11.0 Å². The fourth-order valence-electron chi connectivity index (χ4n) is 1.67. The molecular weight excluding hydrogens is 204 g/mol. The maximum absolute atomic E-state index is 10.2. The quantitative estimate of drug-likeness (QED) is 0.861. The molecule has 0 bridgehead atoms. The van der Waals surface area contributed by atoms with Gasteiger partial charge in [0, 0.05) is 25.5 Å². The van der Waals surface area contributed by atoms with Crippen molar-refractivity contribution in [2.24, 2.45) is 0 Å². The zero-order chi connectivity index (χ0) is 11.6. The highest BCUT2D eigenvalue weighted by Gasteiger charge is 2.26. The molecule has 1 unspecified atom stereocenters. The Balaban J connectivity index is 2.31. The van der Waals surface area contributed by atoms with E-state index in [0.717, 1.165) is 11.0 Å². The van der Waals surface area contributed by atoms with E-state index in [4.69, 9.17) is 9.15 Å². The summed E-state index contributed by atoms with van der Waals surface area (Å²) in [6, 6.07) is 9.61. The van der Waals surface area contributed by atoms with Crippen molar-refractivity contribution in [1.29, 1.82) is 0 Å². The second-order valence-corrected chi connectivity index (χ2v) is 4.17. The molecule has 0 spiro atoms. The highest BCUT2D eigenvalue weighted by atomic mass is 16.5. The van der Waals surface area contributed by atoms with E-state index in [0.29, 0.717) is 18.8 Å². The molecule has 86 valence electrons. The number of para-hydroxylation sites is 1. The van der Waals surface area contributed by atoms with Crippen molar-refractivity contribution in [3.8, 4) is 0 Å². The monoisotopic (exact) mass is 220 g/mol. The molecule has 1 heterocycles. The number of hydrogen-bond donors (Lipinski definition) is 1. The van der Waals surface area contributed by atoms with Gasteiger partial charge < -0.3 is 14.3 Å². The summed E-state index contributed by atoms with van der Waals surface area (Å²) in [6.45, 7) is 2.24. The molecule has 0 saturated heterocycles. The predicted octanol–water partition coefficient (Wildman–Crippen LogP) is 2.68. The summed E-state index contributed by atoms with van der Waals surface area (Å²) >= 11 is 0. The van der Waals surface area contributed by atoms with E-state index in [1.165, 1.54) is 0 Å². The first-order valence-corrected chi connectivity index (χ1v) is 5.34. The van der Waals surface area contributed by atoms with Crippen LogP contribution in [0.4, 0.5) is 0 Å². The van der Waals surface area contributed by atoms with Crippen LogP contribution in [-0.4, -0.2) is 18.8 Å². The molecule has 2 rings (SSSR count). The second-order valence-electron chi connectivity index (χ2n) is 4.17. The first-order valence-electron chi connectivity index (χ1n) is 5.34. The van der Waals surface area contributed by atoms with Gasteiger partial charge in [-0.1, -0.05) is 18.2 Å². The van der Waals surface area contributed by atoms with Crippen LogP contribution >= 0.6 is 0 Å². The van der Waals surface area contributed by atoms with E-state index in [1.54, 1.807) is 14.0 Å². The van der Waals surface area contributed by atoms with Gasteiger partial charge in [-0.2, -0.15) is 0 Å². The van der Waals surface area contributed by atoms with Crippen LogP contribution in [-0.2, 0) is 10.3 Å². The Morgan fingerprint density at radius 2 is 2.12 bits per heavy atom. The number of furan rings is 1. The molecule has 0 aliphatic heterocycles. The fraction of sp³-hybridized carbons (Fsp3) is 0.385. The van der Waals surface area contributed by atoms with Crippen LogP contribution in [0.3, 0.4) is 0 Å². The van der Waals surface area contributed by atoms with Gasteiger partial charge in [0.25, 0.3) is 0 Å². The fourth-order valence-corrected chi connectivity index (χ4v) is 1.67. The van der Waals surface area contributed by atoms with Gasteiger partial charge >= 0.3 is 0 Å². The number of aliphatic hydroxyl groups is 1. The molecule has 0 saturated carbocycles. The Morgan fingerprint density at radius 3 is 2.81 bits per heavy atom. The van der Waals surface area contributed by atoms with Crippen molar-refractivity contribution in [2.45, 2.75) is 18.9 Å². The zero-order valence-corrected chi connectivity index (χ0v) is 9.56. The molecule has 3 heteroatoms. The van der Waals surface area contributed by atoms with E-state index in [1.807, 2.05) is 30.3 Å². The summed E-state index contributed by atoms with van der Waals surface area (Å²) in [6.07, 6.45) is 0.517. The topological polar surface area (TPSA) is 42.6 Å². The molecule has 2 aromatic rings. The van der Waals surface area contributed by atoms with Crippen LogP contribution < -0.4 is 0 Å². The highest BCUT2D eigenvalue weighted by molar-refractivity contribution is 5.77. The maximum atomic E-state index is 10.2. The predicted molar refractivity (Wildman–Crippen MR) is 62.3 cm³/mol. The Morgan fingerprint density at radius 1 is 1.38 bits per heavy atom. The number of rotatable bonds is 4. The molecule has 1 N–H and O–H groups in total. The average Bonchev–Trinajstić information content (AvgIpc) is 2.71. The Kier molecular flexibility index (Phi) is 2.99. The largest absolute Gasteiger partial charge is 0.458 e. The van der Waals surface area contributed by atoms with Gasteiger partial charge in [-0.3, -0.25) is 0 Å². The third-order valence-electron chi connectivity index (χ3n) is 2.75. The van der Waals surface area contributed by atoms with Crippen LogP contribution in [0.15, 0.2) is 34.7 Å². The van der Waals surface area contributed by atoms with Gasteiger partial charge in [-0.25, -0.2) is 0 Å². The molecular formula is C13H16O3. The van der Waals surface area contributed by atoms with E-state index < -0.39 is 5.60 Å². The number of hydrogen-bond acceptors (Lipinski definition) is 3. The van der Waals surface area contributed by atoms with Gasteiger partial charge in [0.15, 0.2) is 0 Å². The first-order chi connectivity index (χ1) is 7.63. The van der Waals surface area contributed by atoms with Gasteiger partial charge in [0.1, 0.15) is 16.9 Å². The number of methoxy groups -OCH3 is 1. The van der Waals surface area contributed by atoms with Crippen LogP contribution in [0.1, 0.15) is 19.1 Å². The summed E-state index contributed by atoms with van der Waals surface area (Å²) in [4.78, 5) is 0. The molecule has 0 fully saturated rings. The summed E-state index contributed by atoms with van der Waals surface area (Å²) in [5.41, 5.74) is -0.176. The van der Waals surface area contributed by atoms with Crippen LogP contribution in [0.2, 0.25) is 0 Å². The van der Waals surface area contributed by atoms with Gasteiger partial charge in [0.05, 0.1) is 0 Å². The minimum Gasteiger partial charge on any atom is -0.458 e. The molecule has 0 aliphatic rings. The third kappa shape index (κ3) is 2.10. The van der Waals surface area contributed by atoms with Crippen molar-refractivity contribution in [3.05, 3.63) is 36.1 Å². The lowest BCUT2D eigenvalue weighted by Gasteiger charge is -2.19. The van der Waals surface area contributed by atoms with Crippen LogP contribution in [0, 0.1) is 0 Å². The van der Waals surface area contributed by atoms with Crippen LogP contribution in [0.5, 0.6) is 0 Å². The Labute approximate surface area is 94.6 Å². The molecule has 1 aromatic heterocycles. The SMILES string of the molecule is COCCC(C)(O)c1cc2ccccc2o1. The summed E-state index contributed by atoms with van der Waals surface area (Å²) in [5, 5.41) is 11.3. The summed E-state index contributed by atoms with van der Waals surface area (Å²) in [7, 11) is 1.62. The molecule has 1 aromatic carbocycles. The van der Waals surface area contributed by atoms with Gasteiger partial charge in [-0.15, -0.1) is 0 Å². The Hall–Kier alpha value is -1.32. The van der Waals surface area contributed by atoms with Crippen molar-refractivity contribution < 1.29 is 14.3 Å². The normalized spacial score (nSPS) is 15.2. The standard InChI is InChI=1S/C13H16O3/c1-13(14,7-8-15-2)12-9-10-5-3-4-6-11(10)16-12/h3-6,9,14H,7-8H2,1-2H3. The van der Waals surface area contributed by atoms with Gasteiger partial charge in [0.2, 0.25) is 0 Å². The molecule has 0 radical (unpaired) electrons. The van der Waals surface area contributed by atoms with E-state index in [2.05, 4.69) is 0 Å². The van der Waals surface area contributed by atoms with Gasteiger partial charge in [-0.05, 0) is 19.1 Å². The molecule has 16 heavy (non-hydrogen) atoms. The first kappa shape index (κ1) is 11.2. The van der Waals surface area contributed by atoms with Crippen molar-refractivity contribution in [1.82, 2.24) is 0 Å². The lowest BCUT2D eigenvalue weighted by atomic mass is 9.99. The number of fused-ring (bicyclic) bond motifs is 1. The average molecular weight is 220 g/mol. The lowest BCUT2D eigenvalue weighted by molar-refractivity contribution is 0.00404. The Bertz CT molecular complexity index is 438. The molecule has 0 aliphatic carbocycles. The van der Waals surface area contributed by atoms with Crippen LogP contribution in [0.25, 0.3) is 11.0 Å². The van der Waals surface area contributed by atoms with Crippen molar-refractivity contribution in [2.75, 3.05) is 13.7 Å². The lowest BCUT2D eigenvalue weighted by Crippen LogP contribution is -2.22. The van der Waals surface area contributed by atoms with E-state index in [-0.39, 0.29) is 0 Å². The minimum absolute atomic E-state index is 0.504. The smallest absolute Gasteiger partial charge is 0.136 e. The highest BCUT2D eigenvalue weighted by Crippen LogP contribution is 2.30. The maximum Gasteiger partial charge on any atom is 0.136 e. The zero-order valence-electron chi connectivity index (χ0n) is 9.56. The number of benzene rings is 1. The number of ether oxygens (including phenoxy) is 1. The minimum atomic E-state index is -0.977.